The second-order valence-corrected chi connectivity index (χ2v) is 6.32. The van der Waals surface area contributed by atoms with Gasteiger partial charge < -0.3 is 10.1 Å². The van der Waals surface area contributed by atoms with Gasteiger partial charge in [-0.05, 0) is 68.7 Å². The van der Waals surface area contributed by atoms with Crippen LogP contribution in [-0.4, -0.2) is 18.7 Å². The van der Waals surface area contributed by atoms with Gasteiger partial charge in [-0.1, -0.05) is 12.1 Å². The molecule has 4 heteroatoms. The van der Waals surface area contributed by atoms with E-state index in [1.54, 1.807) is 4.90 Å². The molecule has 2 amide bonds. The first kappa shape index (κ1) is 15.4. The second-order valence-electron chi connectivity index (χ2n) is 6.32. The number of hydrogen-bond donors (Lipinski definition) is 1. The first-order valence-electron chi connectivity index (χ1n) is 7.86. The highest BCUT2D eigenvalue weighted by atomic mass is 16.5. The molecule has 1 aliphatic rings. The lowest BCUT2D eigenvalue weighted by molar-refractivity contribution is 0.208. The molecule has 0 fully saturated rings. The normalized spacial score (nSPS) is 16.5. The summed E-state index contributed by atoms with van der Waals surface area (Å²) in [6, 6.07) is 11.8. The predicted octanol–water partition coefficient (Wildman–Crippen LogP) is 4.43. The molecule has 120 valence electrons. The van der Waals surface area contributed by atoms with E-state index in [9.17, 15) is 4.79 Å². The van der Waals surface area contributed by atoms with E-state index in [2.05, 4.69) is 11.4 Å². The van der Waals surface area contributed by atoms with Gasteiger partial charge in [0.05, 0.1) is 12.2 Å². The minimum absolute atomic E-state index is 0.0322. The number of fused-ring (bicyclic) bond motifs is 1. The zero-order chi connectivity index (χ0) is 16.6. The van der Waals surface area contributed by atoms with E-state index in [1.165, 1.54) is 0 Å². The Hall–Kier alpha value is -2.49. The summed E-state index contributed by atoms with van der Waals surface area (Å²) in [5.41, 5.74) is 5.01. The molecule has 1 atom stereocenters. The number of anilines is 2. The van der Waals surface area contributed by atoms with E-state index in [1.807, 2.05) is 58.0 Å². The lowest BCUT2D eigenvalue weighted by Gasteiger charge is -2.33. The van der Waals surface area contributed by atoms with Crippen molar-refractivity contribution in [1.29, 1.82) is 0 Å². The average molecular weight is 310 g/mol. The maximum Gasteiger partial charge on any atom is 0.326 e. The molecule has 0 aliphatic carbocycles. The Morgan fingerprint density at radius 1 is 1.09 bits per heavy atom. The summed E-state index contributed by atoms with van der Waals surface area (Å²) in [6.07, 6.45) is -0.0322. The molecule has 0 bridgehead atoms. The zero-order valence-corrected chi connectivity index (χ0v) is 14.0. The summed E-state index contributed by atoms with van der Waals surface area (Å²) in [5.74, 6) is 0.755. The van der Waals surface area contributed by atoms with Crippen LogP contribution in [0.5, 0.6) is 5.75 Å². The Bertz CT molecular complexity index is 735. The lowest BCUT2D eigenvalue weighted by Crippen LogP contribution is -2.44. The minimum atomic E-state index is -0.128. The number of hydrogen-bond acceptors (Lipinski definition) is 2. The third-order valence-electron chi connectivity index (χ3n) is 3.89. The molecule has 0 aromatic heterocycles. The van der Waals surface area contributed by atoms with Crippen molar-refractivity contribution in [3.05, 3.63) is 53.1 Å². The first-order chi connectivity index (χ1) is 10.9. The molecule has 2 aromatic carbocycles. The van der Waals surface area contributed by atoms with Gasteiger partial charge in [0.25, 0.3) is 0 Å². The van der Waals surface area contributed by atoms with Gasteiger partial charge in [0.15, 0.2) is 0 Å². The molecule has 1 aliphatic heterocycles. The number of benzene rings is 2. The second kappa shape index (κ2) is 5.95. The Kier molecular flexibility index (Phi) is 3.99. The molecule has 0 unspecified atom stereocenters. The Morgan fingerprint density at radius 3 is 2.48 bits per heavy atom. The monoisotopic (exact) mass is 310 g/mol. The van der Waals surface area contributed by atoms with Crippen LogP contribution in [0.25, 0.3) is 0 Å². The van der Waals surface area contributed by atoms with E-state index in [-0.39, 0.29) is 12.1 Å². The highest BCUT2D eigenvalue weighted by molar-refractivity contribution is 6.03. The molecule has 0 saturated carbocycles. The SMILES string of the molecule is Cc1cc(C)cc(NC(=O)N2C[C@H](C)Oc3ccc(C)cc32)c1. The summed E-state index contributed by atoms with van der Waals surface area (Å²) in [6.45, 7) is 8.57. The number of rotatable bonds is 1. The van der Waals surface area contributed by atoms with Crippen LogP contribution in [0.1, 0.15) is 23.6 Å². The lowest BCUT2D eigenvalue weighted by atomic mass is 10.1. The summed E-state index contributed by atoms with van der Waals surface area (Å²) in [7, 11) is 0. The number of carbonyl (C=O) groups excluding carboxylic acids is 1. The van der Waals surface area contributed by atoms with E-state index in [0.29, 0.717) is 6.54 Å². The van der Waals surface area contributed by atoms with E-state index >= 15 is 0 Å². The molecular weight excluding hydrogens is 288 g/mol. The largest absolute Gasteiger partial charge is 0.487 e. The summed E-state index contributed by atoms with van der Waals surface area (Å²) < 4.78 is 5.83. The number of urea groups is 1. The van der Waals surface area contributed by atoms with Crippen molar-refractivity contribution in [3.63, 3.8) is 0 Å². The van der Waals surface area contributed by atoms with Crippen LogP contribution in [0.2, 0.25) is 0 Å². The molecule has 4 nitrogen and oxygen atoms in total. The predicted molar refractivity (Wildman–Crippen MR) is 93.5 cm³/mol. The number of nitrogens with zero attached hydrogens (tertiary/aromatic N) is 1. The van der Waals surface area contributed by atoms with Crippen LogP contribution < -0.4 is 15.0 Å². The smallest absolute Gasteiger partial charge is 0.326 e. The number of ether oxygens (including phenoxy) is 1. The van der Waals surface area contributed by atoms with Crippen molar-refractivity contribution in [2.24, 2.45) is 0 Å². The third-order valence-corrected chi connectivity index (χ3v) is 3.89. The molecule has 23 heavy (non-hydrogen) atoms. The fourth-order valence-corrected chi connectivity index (χ4v) is 2.98. The molecular formula is C19H22N2O2. The standard InChI is InChI=1S/C19H22N2O2/c1-12-5-6-18-17(10-12)21(11-15(4)23-18)19(22)20-16-8-13(2)7-14(3)9-16/h5-10,15H,11H2,1-4H3,(H,20,22)/t15-/m0/s1. The van der Waals surface area contributed by atoms with Crippen LogP contribution in [-0.2, 0) is 0 Å². The molecule has 0 radical (unpaired) electrons. The van der Waals surface area contributed by atoms with Crippen LogP contribution in [0.3, 0.4) is 0 Å². The van der Waals surface area contributed by atoms with E-state index in [4.69, 9.17) is 4.74 Å². The number of nitrogens with one attached hydrogen (secondary N) is 1. The Morgan fingerprint density at radius 2 is 1.78 bits per heavy atom. The highest BCUT2D eigenvalue weighted by Crippen LogP contribution is 2.34. The molecule has 1 N–H and O–H groups in total. The highest BCUT2D eigenvalue weighted by Gasteiger charge is 2.27. The minimum Gasteiger partial charge on any atom is -0.487 e. The van der Waals surface area contributed by atoms with Crippen molar-refractivity contribution in [2.75, 3.05) is 16.8 Å². The van der Waals surface area contributed by atoms with Crippen molar-refractivity contribution >= 4 is 17.4 Å². The van der Waals surface area contributed by atoms with Crippen LogP contribution in [0.4, 0.5) is 16.2 Å². The molecule has 3 rings (SSSR count). The van der Waals surface area contributed by atoms with Gasteiger partial charge in [-0.15, -0.1) is 0 Å². The maximum absolute atomic E-state index is 12.8. The van der Waals surface area contributed by atoms with Crippen molar-refractivity contribution in [1.82, 2.24) is 0 Å². The molecule has 0 saturated heterocycles. The van der Waals surface area contributed by atoms with Crippen molar-refractivity contribution in [2.45, 2.75) is 33.8 Å². The van der Waals surface area contributed by atoms with Gasteiger partial charge >= 0.3 is 6.03 Å². The van der Waals surface area contributed by atoms with E-state index < -0.39 is 0 Å². The number of carbonyl (C=O) groups is 1. The topological polar surface area (TPSA) is 41.6 Å². The first-order valence-corrected chi connectivity index (χ1v) is 7.86. The molecule has 1 heterocycles. The fraction of sp³-hybridized carbons (Fsp3) is 0.316. The van der Waals surface area contributed by atoms with Crippen molar-refractivity contribution < 1.29 is 9.53 Å². The Balaban J connectivity index is 1.89. The van der Waals surface area contributed by atoms with Crippen LogP contribution in [0.15, 0.2) is 36.4 Å². The fourth-order valence-electron chi connectivity index (χ4n) is 2.98. The maximum atomic E-state index is 12.8. The quantitative estimate of drug-likeness (QED) is 0.846. The molecule has 2 aromatic rings. The zero-order valence-electron chi connectivity index (χ0n) is 14.0. The van der Waals surface area contributed by atoms with Crippen LogP contribution >= 0.6 is 0 Å². The Labute approximate surface area is 137 Å². The summed E-state index contributed by atoms with van der Waals surface area (Å²) in [4.78, 5) is 14.5. The van der Waals surface area contributed by atoms with Gasteiger partial charge in [-0.2, -0.15) is 0 Å². The van der Waals surface area contributed by atoms with Gasteiger partial charge in [0.1, 0.15) is 11.9 Å². The van der Waals surface area contributed by atoms with Gasteiger partial charge in [0.2, 0.25) is 0 Å². The number of amides is 2. The summed E-state index contributed by atoms with van der Waals surface area (Å²) >= 11 is 0. The van der Waals surface area contributed by atoms with Gasteiger partial charge in [0, 0.05) is 5.69 Å². The van der Waals surface area contributed by atoms with Gasteiger partial charge in [-0.25, -0.2) is 4.79 Å². The number of aryl methyl sites for hydroxylation is 3. The van der Waals surface area contributed by atoms with Crippen LogP contribution in [0, 0.1) is 20.8 Å². The van der Waals surface area contributed by atoms with Crippen molar-refractivity contribution in [3.8, 4) is 5.75 Å². The summed E-state index contributed by atoms with van der Waals surface area (Å²) in [5, 5.41) is 3.01. The average Bonchev–Trinajstić information content (AvgIpc) is 2.45. The van der Waals surface area contributed by atoms with Gasteiger partial charge in [-0.3, -0.25) is 4.90 Å². The molecule has 0 spiro atoms. The van der Waals surface area contributed by atoms with E-state index in [0.717, 1.165) is 33.8 Å². The third kappa shape index (κ3) is 3.31.